The van der Waals surface area contributed by atoms with Gasteiger partial charge >= 0.3 is 0 Å². The van der Waals surface area contributed by atoms with Crippen LogP contribution < -0.4 is 11.1 Å². The van der Waals surface area contributed by atoms with Gasteiger partial charge in [0.1, 0.15) is 0 Å². The van der Waals surface area contributed by atoms with E-state index in [1.54, 1.807) is 12.1 Å². The lowest BCUT2D eigenvalue weighted by atomic mass is 10.00. The van der Waals surface area contributed by atoms with Crippen LogP contribution in [0.1, 0.15) is 42.1 Å². The van der Waals surface area contributed by atoms with Gasteiger partial charge in [0.2, 0.25) is 5.91 Å². The molecule has 20 heavy (non-hydrogen) atoms. The van der Waals surface area contributed by atoms with Crippen molar-refractivity contribution < 1.29 is 9.90 Å². The van der Waals surface area contributed by atoms with Crippen LogP contribution >= 0.6 is 11.6 Å². The predicted molar refractivity (Wildman–Crippen MR) is 81.8 cm³/mol. The summed E-state index contributed by atoms with van der Waals surface area (Å²) in [6.45, 7) is 3.86. The molecule has 0 heterocycles. The van der Waals surface area contributed by atoms with Gasteiger partial charge in [-0.3, -0.25) is 4.79 Å². The van der Waals surface area contributed by atoms with Crippen molar-refractivity contribution in [2.24, 2.45) is 11.7 Å². The van der Waals surface area contributed by atoms with Gasteiger partial charge in [-0.25, -0.2) is 0 Å². The molecule has 0 aromatic heterocycles. The van der Waals surface area contributed by atoms with Crippen LogP contribution in [0.5, 0.6) is 0 Å². The first-order valence-electron chi connectivity index (χ1n) is 6.98. The van der Waals surface area contributed by atoms with Gasteiger partial charge in [0.05, 0.1) is 0 Å². The molecular weight excluding hydrogens is 276 g/mol. The Kier molecular flexibility index (Phi) is 7.59. The summed E-state index contributed by atoms with van der Waals surface area (Å²) in [4.78, 5) is 11.0. The number of primary amides is 1. The van der Waals surface area contributed by atoms with Crippen molar-refractivity contribution >= 4 is 17.5 Å². The maximum absolute atomic E-state index is 11.0. The van der Waals surface area contributed by atoms with Crippen LogP contribution in [-0.4, -0.2) is 24.2 Å². The highest BCUT2D eigenvalue weighted by atomic mass is 35.5. The Morgan fingerprint density at radius 2 is 2.20 bits per heavy atom. The third-order valence-corrected chi connectivity index (χ3v) is 3.67. The van der Waals surface area contributed by atoms with Crippen LogP contribution in [0.3, 0.4) is 0 Å². The van der Waals surface area contributed by atoms with E-state index in [2.05, 4.69) is 12.2 Å². The van der Waals surface area contributed by atoms with Gasteiger partial charge in [-0.15, -0.1) is 0 Å². The van der Waals surface area contributed by atoms with Crippen molar-refractivity contribution in [2.45, 2.75) is 32.7 Å². The smallest absolute Gasteiger partial charge is 0.248 e. The number of hydrogen-bond donors (Lipinski definition) is 3. The highest BCUT2D eigenvalue weighted by Crippen LogP contribution is 2.18. The Bertz CT molecular complexity index is 432. The first kappa shape index (κ1) is 17.0. The lowest BCUT2D eigenvalue weighted by molar-refractivity contribution is 0.100. The van der Waals surface area contributed by atoms with Gasteiger partial charge in [0.15, 0.2) is 0 Å². The zero-order valence-electron chi connectivity index (χ0n) is 11.9. The summed E-state index contributed by atoms with van der Waals surface area (Å²) >= 11 is 6.12. The third kappa shape index (κ3) is 5.49. The number of halogens is 1. The van der Waals surface area contributed by atoms with Crippen molar-refractivity contribution in [3.63, 3.8) is 0 Å². The van der Waals surface area contributed by atoms with E-state index in [9.17, 15) is 4.79 Å². The number of aliphatic hydroxyl groups excluding tert-OH is 1. The summed E-state index contributed by atoms with van der Waals surface area (Å²) in [6, 6.07) is 5.09. The number of aliphatic hydroxyl groups is 1. The molecule has 0 fully saturated rings. The molecule has 0 aliphatic carbocycles. The van der Waals surface area contributed by atoms with Crippen LogP contribution in [0.15, 0.2) is 18.2 Å². The second-order valence-corrected chi connectivity index (χ2v) is 5.38. The standard InChI is InChI=1S/C15H23ClN2O2/c1-2-3-11(6-7-19)9-18-10-13-5-4-12(15(17)20)8-14(13)16/h4-5,8,11,18-19H,2-3,6-7,9-10H2,1H3,(H2,17,20). The molecule has 0 spiro atoms. The molecular formula is C15H23ClN2O2. The maximum atomic E-state index is 11.0. The lowest BCUT2D eigenvalue weighted by Gasteiger charge is -2.16. The van der Waals surface area contributed by atoms with E-state index in [0.717, 1.165) is 31.4 Å². The fourth-order valence-electron chi connectivity index (χ4n) is 2.19. The van der Waals surface area contributed by atoms with Crippen LogP contribution in [-0.2, 0) is 6.54 Å². The second kappa shape index (κ2) is 8.95. The van der Waals surface area contributed by atoms with Crippen molar-refractivity contribution in [3.05, 3.63) is 34.3 Å². The normalized spacial score (nSPS) is 12.3. The number of carbonyl (C=O) groups is 1. The van der Waals surface area contributed by atoms with E-state index in [-0.39, 0.29) is 6.61 Å². The molecule has 4 nitrogen and oxygen atoms in total. The molecule has 1 aromatic rings. The molecule has 1 unspecified atom stereocenters. The molecule has 0 saturated heterocycles. The first-order chi connectivity index (χ1) is 9.58. The Hall–Kier alpha value is -1.10. The van der Waals surface area contributed by atoms with Crippen molar-refractivity contribution in [1.82, 2.24) is 5.32 Å². The van der Waals surface area contributed by atoms with Crippen molar-refractivity contribution in [3.8, 4) is 0 Å². The molecule has 112 valence electrons. The largest absolute Gasteiger partial charge is 0.396 e. The minimum absolute atomic E-state index is 0.223. The summed E-state index contributed by atoms with van der Waals surface area (Å²) in [5, 5.41) is 12.9. The fraction of sp³-hybridized carbons (Fsp3) is 0.533. The minimum atomic E-state index is -0.475. The van der Waals surface area contributed by atoms with E-state index >= 15 is 0 Å². The summed E-state index contributed by atoms with van der Waals surface area (Å²) in [5.41, 5.74) is 6.56. The molecule has 0 aliphatic heterocycles. The monoisotopic (exact) mass is 298 g/mol. The Labute approximate surface area is 125 Å². The number of hydrogen-bond acceptors (Lipinski definition) is 3. The van der Waals surface area contributed by atoms with E-state index in [0.29, 0.717) is 23.0 Å². The number of benzene rings is 1. The molecule has 0 radical (unpaired) electrons. The molecule has 1 amide bonds. The van der Waals surface area contributed by atoms with Crippen LogP contribution in [0.4, 0.5) is 0 Å². The Morgan fingerprint density at radius 3 is 2.75 bits per heavy atom. The molecule has 0 saturated carbocycles. The zero-order valence-corrected chi connectivity index (χ0v) is 12.6. The maximum Gasteiger partial charge on any atom is 0.248 e. The van der Waals surface area contributed by atoms with Gasteiger partial charge in [-0.1, -0.05) is 31.0 Å². The number of rotatable bonds is 9. The van der Waals surface area contributed by atoms with Gasteiger partial charge in [-0.05, 0) is 43.0 Å². The summed E-state index contributed by atoms with van der Waals surface area (Å²) < 4.78 is 0. The number of amides is 1. The fourth-order valence-corrected chi connectivity index (χ4v) is 2.44. The topological polar surface area (TPSA) is 75.3 Å². The van der Waals surface area contributed by atoms with Crippen molar-refractivity contribution in [2.75, 3.05) is 13.2 Å². The Morgan fingerprint density at radius 1 is 1.45 bits per heavy atom. The number of nitrogens with one attached hydrogen (secondary N) is 1. The highest BCUT2D eigenvalue weighted by Gasteiger charge is 2.08. The van der Waals surface area contributed by atoms with E-state index in [4.69, 9.17) is 22.4 Å². The van der Waals surface area contributed by atoms with Gasteiger partial charge < -0.3 is 16.2 Å². The van der Waals surface area contributed by atoms with Gasteiger partial charge in [-0.2, -0.15) is 0 Å². The van der Waals surface area contributed by atoms with Crippen molar-refractivity contribution in [1.29, 1.82) is 0 Å². The van der Waals surface area contributed by atoms with Crippen LogP contribution in [0, 0.1) is 5.92 Å². The van der Waals surface area contributed by atoms with Gasteiger partial charge in [0, 0.05) is 23.7 Å². The third-order valence-electron chi connectivity index (χ3n) is 3.32. The number of carbonyl (C=O) groups excluding carboxylic acids is 1. The average molecular weight is 299 g/mol. The predicted octanol–water partition coefficient (Wildman–Crippen LogP) is 2.33. The van der Waals surface area contributed by atoms with Crippen LogP contribution in [0.25, 0.3) is 0 Å². The van der Waals surface area contributed by atoms with E-state index in [1.165, 1.54) is 0 Å². The van der Waals surface area contributed by atoms with Gasteiger partial charge in [0.25, 0.3) is 0 Å². The summed E-state index contributed by atoms with van der Waals surface area (Å²) in [7, 11) is 0. The minimum Gasteiger partial charge on any atom is -0.396 e. The number of nitrogens with two attached hydrogens (primary N) is 1. The molecule has 5 heteroatoms. The quantitative estimate of drug-likeness (QED) is 0.655. The summed E-state index contributed by atoms with van der Waals surface area (Å²) in [5.74, 6) is 0.00559. The first-order valence-corrected chi connectivity index (χ1v) is 7.36. The molecule has 1 atom stereocenters. The molecule has 1 rings (SSSR count). The molecule has 4 N–H and O–H groups in total. The highest BCUT2D eigenvalue weighted by molar-refractivity contribution is 6.31. The zero-order chi connectivity index (χ0) is 15.0. The summed E-state index contributed by atoms with van der Waals surface area (Å²) in [6.07, 6.45) is 3.03. The average Bonchev–Trinajstić information content (AvgIpc) is 2.40. The van der Waals surface area contributed by atoms with E-state index < -0.39 is 5.91 Å². The second-order valence-electron chi connectivity index (χ2n) is 4.97. The Balaban J connectivity index is 2.50. The SMILES string of the molecule is CCCC(CCO)CNCc1ccc(C(N)=O)cc1Cl. The lowest BCUT2D eigenvalue weighted by Crippen LogP contribution is -2.23. The van der Waals surface area contributed by atoms with E-state index in [1.807, 2.05) is 6.07 Å². The molecule has 0 bridgehead atoms. The van der Waals surface area contributed by atoms with Crippen LogP contribution in [0.2, 0.25) is 5.02 Å². The molecule has 1 aromatic carbocycles. The molecule has 0 aliphatic rings.